The number of H-pyrrole nitrogens is 1. The van der Waals surface area contributed by atoms with Crippen LogP contribution in [0.4, 0.5) is 0 Å². The van der Waals surface area contributed by atoms with Crippen LogP contribution < -0.4 is 5.32 Å². The topological polar surface area (TPSA) is 44.0 Å². The Kier molecular flexibility index (Phi) is 5.65. The van der Waals surface area contributed by atoms with Crippen molar-refractivity contribution in [1.29, 1.82) is 0 Å². The van der Waals surface area contributed by atoms with E-state index >= 15 is 0 Å². The minimum Gasteiger partial charge on any atom is -0.312 e. The molecule has 0 bridgehead atoms. The standard InChI is InChI=1S/C15H19ClN4.ClH/c1-11-9-20(6-5-17-11)10-13-8-18-19-15(13)12-3-2-4-14(16)7-12;/h2-4,7-8,11,17H,5-6,9-10H2,1H3,(H,18,19);1H/t11-;/m1./s1. The Balaban J connectivity index is 0.00000161. The molecular weight excluding hydrogens is 307 g/mol. The molecule has 1 fully saturated rings. The highest BCUT2D eigenvalue weighted by Crippen LogP contribution is 2.25. The van der Waals surface area contributed by atoms with Gasteiger partial charge in [0.05, 0.1) is 11.9 Å². The lowest BCUT2D eigenvalue weighted by Crippen LogP contribution is -2.48. The molecule has 1 aliphatic rings. The number of halogens is 2. The van der Waals surface area contributed by atoms with Crippen LogP contribution in [0.25, 0.3) is 11.3 Å². The smallest absolute Gasteiger partial charge is 0.0695 e. The maximum Gasteiger partial charge on any atom is 0.0695 e. The van der Waals surface area contributed by atoms with Gasteiger partial charge in [-0.3, -0.25) is 10.00 Å². The van der Waals surface area contributed by atoms with Crippen molar-refractivity contribution in [1.82, 2.24) is 20.4 Å². The quantitative estimate of drug-likeness (QED) is 0.911. The first-order valence-corrected chi connectivity index (χ1v) is 7.34. The van der Waals surface area contributed by atoms with Gasteiger partial charge in [-0.2, -0.15) is 5.10 Å². The van der Waals surface area contributed by atoms with Gasteiger partial charge in [-0.25, -0.2) is 0 Å². The molecule has 2 N–H and O–H groups in total. The Labute approximate surface area is 136 Å². The third-order valence-corrected chi connectivity index (χ3v) is 3.91. The minimum absolute atomic E-state index is 0. The highest BCUT2D eigenvalue weighted by atomic mass is 35.5. The van der Waals surface area contributed by atoms with Gasteiger partial charge in [0.15, 0.2) is 0 Å². The summed E-state index contributed by atoms with van der Waals surface area (Å²) in [6.45, 7) is 6.33. The van der Waals surface area contributed by atoms with Crippen LogP contribution in [0.2, 0.25) is 5.02 Å². The third kappa shape index (κ3) is 3.98. The van der Waals surface area contributed by atoms with E-state index in [0.29, 0.717) is 6.04 Å². The van der Waals surface area contributed by atoms with E-state index in [9.17, 15) is 0 Å². The van der Waals surface area contributed by atoms with Crippen molar-refractivity contribution in [2.75, 3.05) is 19.6 Å². The molecule has 114 valence electrons. The van der Waals surface area contributed by atoms with Crippen LogP contribution in [0.15, 0.2) is 30.5 Å². The number of aromatic amines is 1. The summed E-state index contributed by atoms with van der Waals surface area (Å²) in [7, 11) is 0. The number of aromatic nitrogens is 2. The summed E-state index contributed by atoms with van der Waals surface area (Å²) < 4.78 is 0. The van der Waals surface area contributed by atoms with Crippen molar-refractivity contribution >= 4 is 24.0 Å². The summed E-state index contributed by atoms with van der Waals surface area (Å²) in [5, 5.41) is 11.5. The van der Waals surface area contributed by atoms with Crippen molar-refractivity contribution in [3.8, 4) is 11.3 Å². The molecule has 3 rings (SSSR count). The molecule has 1 atom stereocenters. The van der Waals surface area contributed by atoms with Crippen LogP contribution in [0.1, 0.15) is 12.5 Å². The normalized spacial score (nSPS) is 19.2. The van der Waals surface area contributed by atoms with Gasteiger partial charge in [-0.1, -0.05) is 23.7 Å². The SMILES string of the molecule is C[C@@H]1CN(Cc2cn[nH]c2-c2cccc(Cl)c2)CCN1.Cl. The Morgan fingerprint density at radius 3 is 3.05 bits per heavy atom. The second-order valence-corrected chi connectivity index (χ2v) is 5.81. The average molecular weight is 327 g/mol. The molecule has 0 unspecified atom stereocenters. The zero-order valence-electron chi connectivity index (χ0n) is 12.0. The van der Waals surface area contributed by atoms with Crippen molar-refractivity contribution in [3.63, 3.8) is 0 Å². The van der Waals surface area contributed by atoms with Gasteiger partial charge >= 0.3 is 0 Å². The van der Waals surface area contributed by atoms with E-state index in [-0.39, 0.29) is 12.4 Å². The Bertz CT molecular complexity index is 585. The lowest BCUT2D eigenvalue weighted by Gasteiger charge is -2.31. The van der Waals surface area contributed by atoms with E-state index in [2.05, 4.69) is 33.4 Å². The number of hydrogen-bond donors (Lipinski definition) is 2. The first-order chi connectivity index (χ1) is 9.72. The zero-order valence-corrected chi connectivity index (χ0v) is 13.5. The molecule has 0 saturated carbocycles. The number of benzene rings is 1. The Morgan fingerprint density at radius 2 is 2.29 bits per heavy atom. The fourth-order valence-electron chi connectivity index (χ4n) is 2.72. The highest BCUT2D eigenvalue weighted by molar-refractivity contribution is 6.30. The number of piperazine rings is 1. The molecule has 1 aromatic heterocycles. The molecule has 2 aromatic rings. The zero-order chi connectivity index (χ0) is 13.9. The summed E-state index contributed by atoms with van der Waals surface area (Å²) in [5.41, 5.74) is 3.38. The molecule has 0 radical (unpaired) electrons. The molecule has 0 amide bonds. The van der Waals surface area contributed by atoms with Crippen molar-refractivity contribution in [2.24, 2.45) is 0 Å². The molecular formula is C15H20Cl2N4. The molecule has 0 spiro atoms. The predicted octanol–water partition coefficient (Wildman–Crippen LogP) is 2.95. The lowest BCUT2D eigenvalue weighted by atomic mass is 10.1. The van der Waals surface area contributed by atoms with Gasteiger partial charge in [0, 0.05) is 48.4 Å². The Hall–Kier alpha value is -1.07. The van der Waals surface area contributed by atoms with E-state index in [1.165, 1.54) is 5.56 Å². The van der Waals surface area contributed by atoms with E-state index < -0.39 is 0 Å². The van der Waals surface area contributed by atoms with Gasteiger partial charge in [-0.05, 0) is 19.1 Å². The monoisotopic (exact) mass is 326 g/mol. The van der Waals surface area contributed by atoms with Gasteiger partial charge in [0.25, 0.3) is 0 Å². The number of rotatable bonds is 3. The first kappa shape index (κ1) is 16.3. The van der Waals surface area contributed by atoms with Crippen LogP contribution in [-0.4, -0.2) is 40.8 Å². The van der Waals surface area contributed by atoms with Crippen molar-refractivity contribution in [2.45, 2.75) is 19.5 Å². The van der Waals surface area contributed by atoms with Crippen LogP contribution in [0.3, 0.4) is 0 Å². The summed E-state index contributed by atoms with van der Waals surface area (Å²) in [6, 6.07) is 8.43. The van der Waals surface area contributed by atoms with Crippen LogP contribution in [0.5, 0.6) is 0 Å². The molecule has 1 saturated heterocycles. The largest absolute Gasteiger partial charge is 0.312 e. The maximum absolute atomic E-state index is 6.07. The molecule has 4 nitrogen and oxygen atoms in total. The number of hydrogen-bond acceptors (Lipinski definition) is 3. The van der Waals surface area contributed by atoms with E-state index in [1.54, 1.807) is 0 Å². The Morgan fingerprint density at radius 1 is 1.43 bits per heavy atom. The van der Waals surface area contributed by atoms with Crippen molar-refractivity contribution in [3.05, 3.63) is 41.0 Å². The van der Waals surface area contributed by atoms with Gasteiger partial charge in [0.1, 0.15) is 0 Å². The summed E-state index contributed by atoms with van der Waals surface area (Å²) >= 11 is 6.07. The maximum atomic E-state index is 6.07. The average Bonchev–Trinajstić information content (AvgIpc) is 2.87. The van der Waals surface area contributed by atoms with Gasteiger partial charge in [0.2, 0.25) is 0 Å². The predicted molar refractivity (Wildman–Crippen MR) is 89.0 cm³/mol. The molecule has 6 heteroatoms. The van der Waals surface area contributed by atoms with Crippen LogP contribution >= 0.6 is 24.0 Å². The second kappa shape index (κ2) is 7.27. The highest BCUT2D eigenvalue weighted by Gasteiger charge is 2.18. The number of nitrogens with one attached hydrogen (secondary N) is 2. The van der Waals surface area contributed by atoms with Gasteiger partial charge < -0.3 is 5.32 Å². The number of nitrogens with zero attached hydrogens (tertiary/aromatic N) is 2. The molecule has 21 heavy (non-hydrogen) atoms. The van der Waals surface area contributed by atoms with Crippen molar-refractivity contribution < 1.29 is 0 Å². The summed E-state index contributed by atoms with van der Waals surface area (Å²) in [5.74, 6) is 0. The van der Waals surface area contributed by atoms with Crippen LogP contribution in [-0.2, 0) is 6.54 Å². The first-order valence-electron chi connectivity index (χ1n) is 6.96. The second-order valence-electron chi connectivity index (χ2n) is 5.37. The minimum atomic E-state index is 0. The fourth-order valence-corrected chi connectivity index (χ4v) is 2.91. The van der Waals surface area contributed by atoms with E-state index in [1.807, 2.05) is 24.4 Å². The molecule has 0 aliphatic carbocycles. The van der Waals surface area contributed by atoms with E-state index in [0.717, 1.165) is 42.5 Å². The third-order valence-electron chi connectivity index (χ3n) is 3.68. The summed E-state index contributed by atoms with van der Waals surface area (Å²) in [4.78, 5) is 2.46. The van der Waals surface area contributed by atoms with E-state index in [4.69, 9.17) is 11.6 Å². The fraction of sp³-hybridized carbons (Fsp3) is 0.400. The molecule has 1 aliphatic heterocycles. The van der Waals surface area contributed by atoms with Crippen LogP contribution in [0, 0.1) is 0 Å². The molecule has 2 heterocycles. The molecule has 1 aromatic carbocycles. The van der Waals surface area contributed by atoms with Gasteiger partial charge in [-0.15, -0.1) is 12.4 Å². The summed E-state index contributed by atoms with van der Waals surface area (Å²) in [6.07, 6.45) is 1.92. The lowest BCUT2D eigenvalue weighted by molar-refractivity contribution is 0.200.